The van der Waals surface area contributed by atoms with Crippen LogP contribution in [-0.4, -0.2) is 93.2 Å². The van der Waals surface area contributed by atoms with Crippen LogP contribution in [0.3, 0.4) is 0 Å². The summed E-state index contributed by atoms with van der Waals surface area (Å²) >= 11 is 0. The van der Waals surface area contributed by atoms with E-state index in [-0.39, 0.29) is 38.0 Å². The number of aromatic amines is 4. The number of ketones is 4. The Morgan fingerprint density at radius 1 is 0.344 bits per heavy atom. The molecule has 122 heavy (non-hydrogen) atoms. The summed E-state index contributed by atoms with van der Waals surface area (Å²) in [6, 6.07) is 96.0. The summed E-state index contributed by atoms with van der Waals surface area (Å²) in [5.74, 6) is 4.80. The van der Waals surface area contributed by atoms with Gasteiger partial charge in [0, 0.05) is 86.6 Å². The number of nitrogens with zero attached hydrogens (tertiary/aromatic N) is 4. The summed E-state index contributed by atoms with van der Waals surface area (Å²) in [7, 11) is 0.583. The Kier molecular flexibility index (Phi) is 62.5. The first-order valence-corrected chi connectivity index (χ1v) is 42.7. The number of nitrogens with one attached hydrogen (secondary N) is 4. The number of methoxy groups -OCH3 is 1. The van der Waals surface area contributed by atoms with Gasteiger partial charge in [-0.1, -0.05) is 339 Å². The van der Waals surface area contributed by atoms with Crippen LogP contribution < -0.4 is 4.98 Å². The molecule has 18 heteroatoms. The number of aromatic nitrogens is 8. The van der Waals surface area contributed by atoms with Crippen LogP contribution in [0, 0.1) is 27.7 Å². The zero-order valence-corrected chi connectivity index (χ0v) is 76.5. The molecule has 10 aromatic carbocycles. The van der Waals surface area contributed by atoms with Gasteiger partial charge >= 0.3 is 0 Å². The second-order valence-electron chi connectivity index (χ2n) is 25.9. The van der Waals surface area contributed by atoms with Crippen LogP contribution in [-0.2, 0) is 33.8 Å². The fraction of sp³-hybridized carbons (Fsp3) is 0.279. The monoisotopic (exact) mass is 1680 g/mol. The number of rotatable bonds is 8. The third-order valence-electron chi connectivity index (χ3n) is 13.9. The number of oxazole rings is 2. The maximum atomic E-state index is 9.63. The first kappa shape index (κ1) is 114. The van der Waals surface area contributed by atoms with Gasteiger partial charge in [0.25, 0.3) is 5.82 Å². The minimum Gasteiger partial charge on any atom is -0.441 e. The Morgan fingerprint density at radius 3 is 0.918 bits per heavy atom. The van der Waals surface area contributed by atoms with Crippen LogP contribution in [0.2, 0.25) is 0 Å². The second kappa shape index (κ2) is 67.2. The number of carbonyl (C=O) groups is 4. The van der Waals surface area contributed by atoms with Gasteiger partial charge in [0.15, 0.2) is 28.6 Å². The van der Waals surface area contributed by atoms with Gasteiger partial charge < -0.3 is 42.7 Å². The summed E-state index contributed by atoms with van der Waals surface area (Å²) in [6.45, 7) is 40.3. The summed E-state index contributed by atoms with van der Waals surface area (Å²) in [5, 5.41) is 0. The molecule has 0 bridgehead atoms. The molecule has 0 fully saturated rings. The number of carbonyl (C=O) groups excluding carboxylic acids is 4. The number of hydrogen-bond acceptors (Lipinski definition) is 13. The van der Waals surface area contributed by atoms with Crippen LogP contribution in [0.15, 0.2) is 294 Å². The molecule has 0 aliphatic rings. The summed E-state index contributed by atoms with van der Waals surface area (Å²) in [4.78, 5) is 70.2. The fourth-order valence-electron chi connectivity index (χ4n) is 9.75. The predicted molar refractivity (Wildman–Crippen MR) is 519 cm³/mol. The van der Waals surface area contributed by atoms with Crippen molar-refractivity contribution in [2.45, 2.75) is 174 Å². The van der Waals surface area contributed by atoms with Crippen LogP contribution in [0.1, 0.15) is 169 Å². The highest BCUT2D eigenvalue weighted by atomic mass is 32.2. The van der Waals surface area contributed by atoms with Crippen molar-refractivity contribution in [3.8, 4) is 90.3 Å². The number of ether oxygens (including phenoxy) is 1. The molecule has 0 amide bonds. The van der Waals surface area contributed by atoms with E-state index >= 15 is 0 Å². The number of fused-ring (bicyclic) bond motifs is 2. The molecule has 15 aromatic rings. The van der Waals surface area contributed by atoms with Gasteiger partial charge in [0.1, 0.15) is 61.3 Å². The van der Waals surface area contributed by atoms with Gasteiger partial charge in [-0.15, -0.1) is 0 Å². The summed E-state index contributed by atoms with van der Waals surface area (Å²) in [5.41, 5.74) is 19.7. The first-order chi connectivity index (χ1) is 57.5. The minimum atomic E-state index is -2.67. The van der Waals surface area contributed by atoms with E-state index < -0.39 is 9.84 Å². The molecular formula is C104H139N8O9S+. The van der Waals surface area contributed by atoms with E-state index in [0.717, 1.165) is 131 Å². The Labute approximate surface area is 730 Å². The molecule has 654 valence electrons. The van der Waals surface area contributed by atoms with Gasteiger partial charge in [0.05, 0.1) is 22.6 Å². The third-order valence-corrected chi connectivity index (χ3v) is 13.9. The van der Waals surface area contributed by atoms with Crippen LogP contribution in [0.5, 0.6) is 0 Å². The lowest BCUT2D eigenvalue weighted by Gasteiger charge is -2.02. The Hall–Kier alpha value is -12.6. The Morgan fingerprint density at radius 2 is 0.590 bits per heavy atom. The van der Waals surface area contributed by atoms with E-state index in [1.54, 1.807) is 14.2 Å². The van der Waals surface area contributed by atoms with E-state index in [0.29, 0.717) is 11.8 Å². The molecule has 15 rings (SSSR count). The number of aryl methyl sites for hydroxylation is 4. The van der Waals surface area contributed by atoms with Crippen molar-refractivity contribution < 1.29 is 46.2 Å². The molecule has 0 aliphatic carbocycles. The third kappa shape index (κ3) is 47.8. The van der Waals surface area contributed by atoms with Crippen molar-refractivity contribution in [3.05, 3.63) is 308 Å². The smallest absolute Gasteiger partial charge is 0.285 e. The maximum Gasteiger partial charge on any atom is 0.285 e. The molecule has 0 spiro atoms. The highest BCUT2D eigenvalue weighted by Crippen LogP contribution is 2.34. The Bertz CT molecular complexity index is 4880. The number of Topliss-reactive ketones (excluding diaryl/α,β-unsaturated/α-hetero) is 4. The van der Waals surface area contributed by atoms with Crippen molar-refractivity contribution >= 4 is 55.2 Å². The average molecular weight is 1680 g/mol. The molecule has 0 saturated heterocycles. The highest BCUT2D eigenvalue weighted by molar-refractivity contribution is 7.89. The molecule has 0 saturated carbocycles. The van der Waals surface area contributed by atoms with E-state index in [4.69, 9.17) is 18.8 Å². The largest absolute Gasteiger partial charge is 0.441 e. The van der Waals surface area contributed by atoms with Gasteiger partial charge in [-0.25, -0.2) is 38.3 Å². The minimum absolute atomic E-state index is 0. The Balaban J connectivity index is -0.00000139. The number of H-pyrrole nitrogens is 4. The van der Waals surface area contributed by atoms with Crippen molar-refractivity contribution in [2.24, 2.45) is 0 Å². The molecule has 4 N–H and O–H groups in total. The average Bonchev–Trinajstić information content (AvgIpc) is 1.65. The van der Waals surface area contributed by atoms with Crippen LogP contribution in [0.25, 0.3) is 113 Å². The van der Waals surface area contributed by atoms with E-state index in [9.17, 15) is 27.6 Å². The second-order valence-corrected chi connectivity index (χ2v) is 28.2. The van der Waals surface area contributed by atoms with Gasteiger partial charge in [-0.2, -0.15) is 0 Å². The molecule has 0 unspecified atom stereocenters. The lowest BCUT2D eigenvalue weighted by atomic mass is 10.0. The normalized spacial score (nSPS) is 9.20. The SMILES string of the molecule is C.C.CC.CC.CC.CC.CC(C)=O.CC(C)=O.CC(C)=O.CC(C)=O.CCC.COC.CS(C)(=O)=O.Cc1[nH]c(-c2ccc(-c3[nH]c(C)c(-c4ccccc4)[nH+]3)cc2)nc1-c1ccccc1.Cc1nc2cc(-c3ccc4oc(C)nc4c3)ccc2o1.c1ccc(-c2nc(-c3ccccc3)c(-c3ccccc3)[nH]2)cc1.c1ccccc1.c1ccccc1. The van der Waals surface area contributed by atoms with Gasteiger partial charge in [-0.05, 0) is 110 Å². The van der Waals surface area contributed by atoms with Crippen molar-refractivity contribution in [3.63, 3.8) is 0 Å². The predicted octanol–water partition coefficient (Wildman–Crippen LogP) is 28.0. The van der Waals surface area contributed by atoms with Crippen molar-refractivity contribution in [1.82, 2.24) is 34.9 Å². The standard InChI is InChI=1S/C26H22N4.C21H16N2.C16H12N2O2.2C6H6.4C3H6O.C3H8.C2H6O2S.C2H6O.4C2H6.2CH4/c1-17-23(19-9-5-3-6-10-19)29-25(27-17)21-13-15-22(16-14-21)26-28-18(2)24(30-26)20-11-7-4-8-12-20;1-4-10-16(11-5-1)19-20(17-12-6-2-7-13-17)23-21(22-19)18-14-8-3-9-15-18;1-9-17-13-7-11(3-5-15(13)19-9)12-4-6-16-14(8-12)18-10(2)20-16;2*1-2-4-6-5-3-1;4*1-3(2)4;1-3-2;1-5(2,3)4;1-3-2;4*1-2;;/h3-16H,1-2H3,(H,27,29)(H,28,30);1-15H,(H,22,23);3-8H,1-2H3;2*1-6H;4*1-2H3;3H2,1-2H3;1-2H3;1-2H3;4*1-2H3;2*1H4/p+1. The highest BCUT2D eigenvalue weighted by Gasteiger charge is 2.19. The molecule has 5 aromatic heterocycles. The topological polar surface area (TPSA) is 251 Å². The van der Waals surface area contributed by atoms with Gasteiger partial charge in [-0.3, -0.25) is 0 Å². The lowest BCUT2D eigenvalue weighted by Crippen LogP contribution is -2.05. The molecule has 0 atom stereocenters. The van der Waals surface area contributed by atoms with Crippen LogP contribution >= 0.6 is 0 Å². The van der Waals surface area contributed by atoms with Gasteiger partial charge in [0.2, 0.25) is 0 Å². The van der Waals surface area contributed by atoms with E-state index in [1.165, 1.54) is 67.4 Å². The van der Waals surface area contributed by atoms with Crippen LogP contribution in [0.4, 0.5) is 0 Å². The van der Waals surface area contributed by atoms with E-state index in [1.807, 2.05) is 257 Å². The molecule has 0 radical (unpaired) electrons. The number of sulfone groups is 1. The molecule has 0 aliphatic heterocycles. The molecule has 17 nitrogen and oxygen atoms in total. The zero-order chi connectivity index (χ0) is 90.4. The number of imidazole rings is 3. The quantitative estimate of drug-likeness (QED) is 0.128. The first-order valence-electron chi connectivity index (χ1n) is 40.4. The lowest BCUT2D eigenvalue weighted by molar-refractivity contribution is -0.349. The fourth-order valence-corrected chi connectivity index (χ4v) is 9.75. The number of benzene rings is 10. The number of hydrogen-bond donors (Lipinski definition) is 3. The van der Waals surface area contributed by atoms with E-state index in [2.05, 4.69) is 159 Å². The summed E-state index contributed by atoms with van der Waals surface area (Å²) < 4.78 is 34.5. The summed E-state index contributed by atoms with van der Waals surface area (Å²) in [6.07, 6.45) is 3.57. The molecule has 5 heterocycles. The van der Waals surface area contributed by atoms with Crippen molar-refractivity contribution in [2.75, 3.05) is 26.7 Å². The zero-order valence-electron chi connectivity index (χ0n) is 75.7. The maximum absolute atomic E-state index is 9.63. The molecular weight excluding hydrogens is 1540 g/mol. The van der Waals surface area contributed by atoms with Crippen molar-refractivity contribution in [1.29, 1.82) is 0 Å².